The Labute approximate surface area is 141 Å². The minimum absolute atomic E-state index is 0.162. The van der Waals surface area contributed by atoms with E-state index in [1.165, 1.54) is 12.3 Å². The Morgan fingerprint density at radius 2 is 1.96 bits per heavy atom. The lowest BCUT2D eigenvalue weighted by molar-refractivity contribution is 0.0947. The highest BCUT2D eigenvalue weighted by Gasteiger charge is 2.15. The van der Waals surface area contributed by atoms with Crippen molar-refractivity contribution in [2.75, 3.05) is 12.3 Å². The van der Waals surface area contributed by atoms with Crippen molar-refractivity contribution < 1.29 is 17.9 Å². The molecule has 0 radical (unpaired) electrons. The van der Waals surface area contributed by atoms with Crippen molar-refractivity contribution in [3.8, 4) is 11.5 Å². The number of carbonyl (C=O) groups excluding carboxylic acids is 1. The Kier molecular flexibility index (Phi) is 5.22. The molecule has 7 heteroatoms. The Balaban J connectivity index is 1.46. The summed E-state index contributed by atoms with van der Waals surface area (Å²) in [6.07, 6.45) is 1.51. The van der Waals surface area contributed by atoms with Crippen LogP contribution in [0.4, 0.5) is 0 Å². The zero-order valence-corrected chi connectivity index (χ0v) is 13.6. The van der Waals surface area contributed by atoms with E-state index in [0.29, 0.717) is 29.6 Å². The SMILES string of the molecule is O=C(NCC[S@@](=O)Cc1ccccc1)c1cc(-c2ccco2)on1. The smallest absolute Gasteiger partial charge is 0.273 e. The van der Waals surface area contributed by atoms with Crippen LogP contribution in [0.2, 0.25) is 0 Å². The molecule has 0 spiro atoms. The first kappa shape index (κ1) is 16.2. The van der Waals surface area contributed by atoms with Crippen LogP contribution in [0.5, 0.6) is 0 Å². The maximum Gasteiger partial charge on any atom is 0.273 e. The number of benzene rings is 1. The molecule has 2 heterocycles. The number of amides is 1. The summed E-state index contributed by atoms with van der Waals surface area (Å²) < 4.78 is 22.3. The van der Waals surface area contributed by atoms with Crippen LogP contribution in [0.25, 0.3) is 11.5 Å². The van der Waals surface area contributed by atoms with Crippen LogP contribution in [0.15, 0.2) is 63.7 Å². The molecule has 3 aromatic rings. The van der Waals surface area contributed by atoms with Crippen LogP contribution >= 0.6 is 0 Å². The molecular weight excluding hydrogens is 328 g/mol. The average molecular weight is 344 g/mol. The standard InChI is InChI=1S/C17H16N2O4S/c20-17(14-11-16(23-19-14)15-7-4-9-22-15)18-8-10-24(21)12-13-5-2-1-3-6-13/h1-7,9,11H,8,10,12H2,(H,18,20)/t24-/m1/s1. The molecule has 0 fully saturated rings. The minimum Gasteiger partial charge on any atom is -0.461 e. The molecule has 24 heavy (non-hydrogen) atoms. The quantitative estimate of drug-likeness (QED) is 0.712. The molecule has 0 aliphatic rings. The number of furan rings is 1. The molecular formula is C17H16N2O4S. The van der Waals surface area contributed by atoms with Gasteiger partial charge in [0.15, 0.2) is 11.5 Å². The topological polar surface area (TPSA) is 85.3 Å². The largest absolute Gasteiger partial charge is 0.461 e. The zero-order chi connectivity index (χ0) is 16.8. The molecule has 0 aliphatic carbocycles. The van der Waals surface area contributed by atoms with Gasteiger partial charge in [0, 0.05) is 34.9 Å². The van der Waals surface area contributed by atoms with Gasteiger partial charge in [-0.05, 0) is 17.7 Å². The van der Waals surface area contributed by atoms with Crippen molar-refractivity contribution in [1.82, 2.24) is 10.5 Å². The van der Waals surface area contributed by atoms with Gasteiger partial charge in [-0.3, -0.25) is 9.00 Å². The summed E-state index contributed by atoms with van der Waals surface area (Å²) in [7, 11) is -1.04. The lowest BCUT2D eigenvalue weighted by atomic mass is 10.2. The van der Waals surface area contributed by atoms with Crippen LogP contribution in [0.1, 0.15) is 16.1 Å². The molecule has 0 unspecified atom stereocenters. The molecule has 124 valence electrons. The van der Waals surface area contributed by atoms with Crippen molar-refractivity contribution in [3.63, 3.8) is 0 Å². The second-order valence-corrected chi connectivity index (χ2v) is 6.66. The fourth-order valence-corrected chi connectivity index (χ4v) is 3.16. The van der Waals surface area contributed by atoms with Crippen LogP contribution in [-0.4, -0.2) is 27.6 Å². The molecule has 0 saturated heterocycles. The summed E-state index contributed by atoms with van der Waals surface area (Å²) in [5.41, 5.74) is 1.18. The van der Waals surface area contributed by atoms with Gasteiger partial charge in [0.1, 0.15) is 0 Å². The van der Waals surface area contributed by atoms with Gasteiger partial charge >= 0.3 is 0 Å². The second-order valence-electron chi connectivity index (χ2n) is 5.08. The maximum atomic E-state index is 12.0. The summed E-state index contributed by atoms with van der Waals surface area (Å²) in [6, 6.07) is 14.6. The Morgan fingerprint density at radius 3 is 2.71 bits per heavy atom. The third-order valence-electron chi connectivity index (χ3n) is 3.29. The molecule has 0 saturated carbocycles. The summed E-state index contributed by atoms with van der Waals surface area (Å²) in [6.45, 7) is 0.307. The number of hydrogen-bond donors (Lipinski definition) is 1. The van der Waals surface area contributed by atoms with Crippen LogP contribution < -0.4 is 5.32 Å². The lowest BCUT2D eigenvalue weighted by Crippen LogP contribution is -2.28. The van der Waals surface area contributed by atoms with Crippen molar-refractivity contribution in [2.24, 2.45) is 0 Å². The summed E-state index contributed by atoms with van der Waals surface area (Å²) in [5.74, 6) is 1.38. The first-order chi connectivity index (χ1) is 11.7. The van der Waals surface area contributed by atoms with Gasteiger partial charge in [0.25, 0.3) is 5.91 Å². The third kappa shape index (κ3) is 4.20. The number of nitrogens with zero attached hydrogens (tertiary/aromatic N) is 1. The Hall–Kier alpha value is -2.67. The van der Waals surface area contributed by atoms with Gasteiger partial charge in [0.2, 0.25) is 5.76 Å². The number of aromatic nitrogens is 1. The molecule has 1 N–H and O–H groups in total. The van der Waals surface area contributed by atoms with Gasteiger partial charge in [-0.25, -0.2) is 0 Å². The van der Waals surface area contributed by atoms with E-state index in [1.54, 1.807) is 12.1 Å². The van der Waals surface area contributed by atoms with Crippen molar-refractivity contribution in [3.05, 3.63) is 66.1 Å². The minimum atomic E-state index is -1.04. The van der Waals surface area contributed by atoms with Gasteiger partial charge in [-0.15, -0.1) is 0 Å². The van der Waals surface area contributed by atoms with Crippen LogP contribution in [-0.2, 0) is 16.6 Å². The molecule has 2 aromatic heterocycles. The molecule has 1 atom stereocenters. The van der Waals surface area contributed by atoms with E-state index in [0.717, 1.165) is 5.56 Å². The lowest BCUT2D eigenvalue weighted by Gasteiger charge is -2.04. The zero-order valence-electron chi connectivity index (χ0n) is 12.8. The number of carbonyl (C=O) groups is 1. The normalized spacial score (nSPS) is 12.0. The fraction of sp³-hybridized carbons (Fsp3) is 0.176. The van der Waals surface area contributed by atoms with E-state index in [-0.39, 0.29) is 11.6 Å². The monoisotopic (exact) mass is 344 g/mol. The van der Waals surface area contributed by atoms with E-state index < -0.39 is 10.8 Å². The van der Waals surface area contributed by atoms with E-state index in [2.05, 4.69) is 10.5 Å². The van der Waals surface area contributed by atoms with Crippen molar-refractivity contribution in [2.45, 2.75) is 5.75 Å². The Bertz CT molecular complexity index is 812. The van der Waals surface area contributed by atoms with Crippen LogP contribution in [0, 0.1) is 0 Å². The predicted molar refractivity (Wildman–Crippen MR) is 89.7 cm³/mol. The highest BCUT2D eigenvalue weighted by molar-refractivity contribution is 7.84. The van der Waals surface area contributed by atoms with E-state index >= 15 is 0 Å². The second kappa shape index (κ2) is 7.74. The fourth-order valence-electron chi connectivity index (χ4n) is 2.12. The van der Waals surface area contributed by atoms with Gasteiger partial charge < -0.3 is 14.3 Å². The van der Waals surface area contributed by atoms with Gasteiger partial charge in [-0.2, -0.15) is 0 Å². The van der Waals surface area contributed by atoms with Crippen LogP contribution in [0.3, 0.4) is 0 Å². The molecule has 0 bridgehead atoms. The average Bonchev–Trinajstić information content (AvgIpc) is 3.27. The van der Waals surface area contributed by atoms with E-state index in [1.807, 2.05) is 30.3 Å². The molecule has 1 amide bonds. The summed E-state index contributed by atoms with van der Waals surface area (Å²) in [5, 5.41) is 6.40. The maximum absolute atomic E-state index is 12.0. The molecule has 1 aromatic carbocycles. The van der Waals surface area contributed by atoms with Crippen molar-refractivity contribution in [1.29, 1.82) is 0 Å². The summed E-state index contributed by atoms with van der Waals surface area (Å²) in [4.78, 5) is 12.0. The van der Waals surface area contributed by atoms with E-state index in [9.17, 15) is 9.00 Å². The number of rotatable bonds is 7. The first-order valence-corrected chi connectivity index (χ1v) is 8.89. The first-order valence-electron chi connectivity index (χ1n) is 7.40. The predicted octanol–water partition coefficient (Wildman–Crippen LogP) is 2.61. The highest BCUT2D eigenvalue weighted by Crippen LogP contribution is 2.20. The van der Waals surface area contributed by atoms with E-state index in [4.69, 9.17) is 8.94 Å². The van der Waals surface area contributed by atoms with Gasteiger partial charge in [0.05, 0.1) is 6.26 Å². The summed E-state index contributed by atoms with van der Waals surface area (Å²) >= 11 is 0. The molecule has 6 nitrogen and oxygen atoms in total. The third-order valence-corrected chi connectivity index (χ3v) is 4.61. The molecule has 3 rings (SSSR count). The Morgan fingerprint density at radius 1 is 1.12 bits per heavy atom. The van der Waals surface area contributed by atoms with Crippen molar-refractivity contribution >= 4 is 16.7 Å². The highest BCUT2D eigenvalue weighted by atomic mass is 32.2. The number of hydrogen-bond acceptors (Lipinski definition) is 5. The molecule has 0 aliphatic heterocycles. The number of nitrogens with one attached hydrogen (secondary N) is 1. The van der Waals surface area contributed by atoms with Gasteiger partial charge in [-0.1, -0.05) is 35.5 Å².